The fraction of sp³-hybridized carbons (Fsp3) is 0.370. The first-order valence-electron chi connectivity index (χ1n) is 12.1. The number of primary amides is 1. The number of ketones is 1. The zero-order valence-electron chi connectivity index (χ0n) is 21.2. The van der Waals surface area contributed by atoms with Crippen LogP contribution in [0.3, 0.4) is 0 Å². The summed E-state index contributed by atoms with van der Waals surface area (Å²) in [6.45, 7) is 1.05. The van der Waals surface area contributed by atoms with Crippen LogP contribution in [0.25, 0.3) is 16.9 Å². The number of pyridine rings is 1. The number of phenolic OH excluding ortho intramolecular Hbond substituents is 1. The lowest BCUT2D eigenvalue weighted by Crippen LogP contribution is -2.69. The third-order valence-electron chi connectivity index (χ3n) is 8.27. The molecule has 3 unspecified atom stereocenters. The number of amides is 1. The Bertz CT molecular complexity index is 1460. The number of Topliss-reactive ketones (excluding diaryl/α,β-unsaturated/α-hetero) is 1. The van der Waals surface area contributed by atoms with Crippen molar-refractivity contribution in [2.75, 3.05) is 24.7 Å². The van der Waals surface area contributed by atoms with Crippen molar-refractivity contribution in [1.29, 1.82) is 0 Å². The number of aliphatic hydroxyl groups excluding tert-OH is 2. The monoisotopic (exact) mass is 522 g/mol. The molecule has 0 aliphatic heterocycles. The number of hydrogen-bond donors (Lipinski definition) is 7. The molecule has 5 rings (SSSR count). The van der Waals surface area contributed by atoms with Gasteiger partial charge in [0.15, 0.2) is 11.4 Å². The molecule has 0 bridgehead atoms. The van der Waals surface area contributed by atoms with E-state index in [0.717, 1.165) is 6.92 Å². The summed E-state index contributed by atoms with van der Waals surface area (Å²) in [5.74, 6) is -4.68. The standard InChI is InChI=1S/C27H30N4O7/c1-26(37)21(25(29)36)17(32)8-13-6-12-7-15-16(31(2)3)9-14(11-4-5-18(28)30-10-11)22(33)20(15)23(34)19(12)24(35)27(13,26)38/h4-5,9-10,12-13,32-34,37-38H,6-8H2,1-3H3,(H2,28,30)(H2,29,36)/t12?,13?,26?,27-/m0/s1. The molecule has 0 saturated heterocycles. The van der Waals surface area contributed by atoms with Crippen LogP contribution in [-0.2, 0) is 16.0 Å². The van der Waals surface area contributed by atoms with Crippen LogP contribution in [0.4, 0.5) is 11.5 Å². The lowest BCUT2D eigenvalue weighted by Gasteiger charge is -2.53. The van der Waals surface area contributed by atoms with Crippen molar-refractivity contribution in [1.82, 2.24) is 4.98 Å². The lowest BCUT2D eigenvalue weighted by molar-refractivity contribution is -0.186. The molecule has 1 aromatic heterocycles. The Morgan fingerprint density at radius 3 is 2.42 bits per heavy atom. The number of allylic oxidation sites excluding steroid dienone is 1. The number of aromatic hydroxyl groups is 1. The second-order valence-electron chi connectivity index (χ2n) is 10.7. The summed E-state index contributed by atoms with van der Waals surface area (Å²) >= 11 is 0. The molecule has 1 aromatic carbocycles. The predicted molar refractivity (Wildman–Crippen MR) is 139 cm³/mol. The molecule has 0 radical (unpaired) electrons. The number of aromatic nitrogens is 1. The Morgan fingerprint density at radius 2 is 1.84 bits per heavy atom. The van der Waals surface area contributed by atoms with Gasteiger partial charge in [0.25, 0.3) is 5.91 Å². The second-order valence-corrected chi connectivity index (χ2v) is 10.7. The van der Waals surface area contributed by atoms with E-state index in [-0.39, 0.29) is 42.0 Å². The Kier molecular flexibility index (Phi) is 5.52. The van der Waals surface area contributed by atoms with Gasteiger partial charge in [-0.1, -0.05) is 0 Å². The second kappa shape index (κ2) is 8.20. The van der Waals surface area contributed by atoms with Crippen molar-refractivity contribution < 1.29 is 35.1 Å². The van der Waals surface area contributed by atoms with Gasteiger partial charge in [0.05, 0.1) is 11.1 Å². The van der Waals surface area contributed by atoms with E-state index in [4.69, 9.17) is 11.5 Å². The van der Waals surface area contributed by atoms with E-state index in [2.05, 4.69) is 4.98 Å². The summed E-state index contributed by atoms with van der Waals surface area (Å²) in [5.41, 5.74) is 7.43. The Morgan fingerprint density at radius 1 is 1.16 bits per heavy atom. The van der Waals surface area contributed by atoms with E-state index >= 15 is 0 Å². The Balaban J connectivity index is 1.74. The molecule has 1 amide bonds. The number of nitrogens with two attached hydrogens (primary N) is 2. The normalized spacial score (nSPS) is 28.5. The SMILES string of the molecule is CN(C)c1cc(-c2ccc(N)nc2)c(O)c2c1CC1CC3CC(O)=C(C(N)=O)C(C)(O)[C@@]3(O)C(=O)C1=C2O. The molecule has 1 fully saturated rings. The maximum atomic E-state index is 13.9. The fourth-order valence-corrected chi connectivity index (χ4v) is 6.46. The van der Waals surface area contributed by atoms with E-state index in [1.54, 1.807) is 18.2 Å². The van der Waals surface area contributed by atoms with Gasteiger partial charge < -0.3 is 41.9 Å². The van der Waals surface area contributed by atoms with Gasteiger partial charge in [-0.3, -0.25) is 9.59 Å². The van der Waals surface area contributed by atoms with Crippen molar-refractivity contribution in [3.05, 3.63) is 52.4 Å². The topological polar surface area (TPSA) is 203 Å². The number of anilines is 2. The summed E-state index contributed by atoms with van der Waals surface area (Å²) in [6, 6.07) is 5.00. The summed E-state index contributed by atoms with van der Waals surface area (Å²) in [4.78, 5) is 31.9. The van der Waals surface area contributed by atoms with Crippen molar-refractivity contribution >= 4 is 29.0 Å². The summed E-state index contributed by atoms with van der Waals surface area (Å²) in [5, 5.41) is 56.4. The van der Waals surface area contributed by atoms with Crippen LogP contribution in [0.2, 0.25) is 0 Å². The minimum absolute atomic E-state index is 0.0358. The van der Waals surface area contributed by atoms with Crippen molar-refractivity contribution in [2.45, 2.75) is 37.4 Å². The van der Waals surface area contributed by atoms with Crippen molar-refractivity contribution in [3.63, 3.8) is 0 Å². The molecule has 11 heteroatoms. The average Bonchev–Trinajstić information content (AvgIpc) is 2.81. The maximum absolute atomic E-state index is 13.9. The molecule has 3 aliphatic carbocycles. The van der Waals surface area contributed by atoms with Crippen LogP contribution >= 0.6 is 0 Å². The highest BCUT2D eigenvalue weighted by molar-refractivity contribution is 6.12. The van der Waals surface area contributed by atoms with E-state index < -0.39 is 51.8 Å². The average molecular weight is 523 g/mol. The molecule has 0 spiro atoms. The summed E-state index contributed by atoms with van der Waals surface area (Å²) in [7, 11) is 3.62. The van der Waals surface area contributed by atoms with Crippen molar-refractivity contribution in [3.8, 4) is 16.9 Å². The van der Waals surface area contributed by atoms with Gasteiger partial charge in [0.2, 0.25) is 0 Å². The predicted octanol–water partition coefficient (Wildman–Crippen LogP) is 1.32. The number of benzene rings is 1. The molecule has 3 aliphatic rings. The van der Waals surface area contributed by atoms with Gasteiger partial charge in [-0.15, -0.1) is 0 Å². The molecule has 38 heavy (non-hydrogen) atoms. The minimum Gasteiger partial charge on any atom is -0.512 e. The largest absolute Gasteiger partial charge is 0.512 e. The number of nitrogens with zero attached hydrogens (tertiary/aromatic N) is 2. The van der Waals surface area contributed by atoms with Crippen LogP contribution in [0.1, 0.15) is 30.9 Å². The highest BCUT2D eigenvalue weighted by atomic mass is 16.4. The number of hydrogen-bond acceptors (Lipinski definition) is 10. The number of phenols is 1. The first-order valence-corrected chi connectivity index (χ1v) is 12.1. The first-order chi connectivity index (χ1) is 17.7. The number of rotatable bonds is 3. The molecular weight excluding hydrogens is 492 g/mol. The molecule has 2 aromatic rings. The molecule has 1 saturated carbocycles. The molecular formula is C27H30N4O7. The van der Waals surface area contributed by atoms with Gasteiger partial charge in [0, 0.05) is 55.0 Å². The zero-order valence-corrected chi connectivity index (χ0v) is 21.2. The molecule has 9 N–H and O–H groups in total. The maximum Gasteiger partial charge on any atom is 0.251 e. The molecule has 200 valence electrons. The van der Waals surface area contributed by atoms with E-state index in [0.29, 0.717) is 22.4 Å². The Hall–Kier alpha value is -4.09. The number of aliphatic hydroxyl groups is 4. The quantitative estimate of drug-likeness (QED) is 0.308. The zero-order chi connectivity index (χ0) is 27.9. The molecule has 1 heterocycles. The first kappa shape index (κ1) is 25.6. The molecule has 11 nitrogen and oxygen atoms in total. The van der Waals surface area contributed by atoms with Crippen molar-refractivity contribution in [2.24, 2.45) is 17.6 Å². The van der Waals surface area contributed by atoms with E-state index in [1.807, 2.05) is 19.0 Å². The van der Waals surface area contributed by atoms with Gasteiger partial charge in [-0.25, -0.2) is 4.98 Å². The van der Waals surface area contributed by atoms with Gasteiger partial charge >= 0.3 is 0 Å². The summed E-state index contributed by atoms with van der Waals surface area (Å²) < 4.78 is 0. The van der Waals surface area contributed by atoms with Crippen LogP contribution < -0.4 is 16.4 Å². The van der Waals surface area contributed by atoms with Crippen LogP contribution in [0, 0.1) is 11.8 Å². The highest BCUT2D eigenvalue weighted by Gasteiger charge is 2.66. The van der Waals surface area contributed by atoms with Gasteiger partial charge in [-0.2, -0.15) is 0 Å². The fourth-order valence-electron chi connectivity index (χ4n) is 6.46. The lowest BCUT2D eigenvalue weighted by atomic mass is 9.54. The van der Waals surface area contributed by atoms with Gasteiger partial charge in [0.1, 0.15) is 28.7 Å². The highest BCUT2D eigenvalue weighted by Crippen LogP contribution is 2.56. The van der Waals surface area contributed by atoms with Crippen LogP contribution in [0.5, 0.6) is 5.75 Å². The molecule has 4 atom stereocenters. The van der Waals surface area contributed by atoms with Gasteiger partial charge in [-0.05, 0) is 49.4 Å². The van der Waals surface area contributed by atoms with E-state index in [1.165, 1.54) is 6.20 Å². The smallest absolute Gasteiger partial charge is 0.251 e. The summed E-state index contributed by atoms with van der Waals surface area (Å²) in [6.07, 6.45) is 1.59. The minimum atomic E-state index is -2.54. The third kappa shape index (κ3) is 3.25. The Labute approximate surface area is 218 Å². The van der Waals surface area contributed by atoms with Crippen LogP contribution in [-0.4, -0.2) is 67.5 Å². The third-order valence-corrected chi connectivity index (χ3v) is 8.27. The number of carbonyl (C=O) groups excluding carboxylic acids is 2. The number of fused-ring (bicyclic) bond motifs is 3. The number of nitrogen functional groups attached to an aromatic ring is 1. The van der Waals surface area contributed by atoms with Crippen LogP contribution in [0.15, 0.2) is 41.3 Å². The van der Waals surface area contributed by atoms with E-state index in [9.17, 15) is 35.1 Å². The number of carbonyl (C=O) groups is 2.